The lowest BCUT2D eigenvalue weighted by Crippen LogP contribution is -2.49. The van der Waals surface area contributed by atoms with Crippen LogP contribution in [0.3, 0.4) is 0 Å². The van der Waals surface area contributed by atoms with Crippen LogP contribution in [0.2, 0.25) is 0 Å². The molecule has 6 heteroatoms. The fourth-order valence-electron chi connectivity index (χ4n) is 2.41. The van der Waals surface area contributed by atoms with Gasteiger partial charge in [0.2, 0.25) is 0 Å². The van der Waals surface area contributed by atoms with Gasteiger partial charge in [-0.15, -0.1) is 6.58 Å². The van der Waals surface area contributed by atoms with Gasteiger partial charge in [-0.2, -0.15) is 0 Å². The zero-order chi connectivity index (χ0) is 16.2. The largest absolute Gasteiger partial charge is 0.462 e. The first-order valence-corrected chi connectivity index (χ1v) is 6.95. The molecule has 1 saturated heterocycles. The van der Waals surface area contributed by atoms with Crippen LogP contribution in [0, 0.1) is 0 Å². The van der Waals surface area contributed by atoms with Crippen LogP contribution in [-0.4, -0.2) is 47.5 Å². The molecular weight excluding hydrogens is 274 g/mol. The number of nitrogens with zero attached hydrogens (tertiary/aromatic N) is 1. The van der Waals surface area contributed by atoms with Crippen molar-refractivity contribution in [3.05, 3.63) is 12.7 Å². The maximum absolute atomic E-state index is 12.2. The molecule has 1 amide bonds. The number of carbonyl (C=O) groups excluding carboxylic acids is 3. The average molecular weight is 297 g/mol. The lowest BCUT2D eigenvalue weighted by molar-refractivity contribution is -0.168. The highest BCUT2D eigenvalue weighted by Gasteiger charge is 2.44. The Morgan fingerprint density at radius 3 is 2.38 bits per heavy atom. The summed E-state index contributed by atoms with van der Waals surface area (Å²) in [4.78, 5) is 37.2. The fraction of sp³-hybridized carbons (Fsp3) is 0.667. The first-order valence-electron chi connectivity index (χ1n) is 6.95. The zero-order valence-electron chi connectivity index (χ0n) is 13.0. The van der Waals surface area contributed by atoms with Crippen LogP contribution in [-0.2, 0) is 23.9 Å². The van der Waals surface area contributed by atoms with Gasteiger partial charge in [0.25, 0.3) is 0 Å². The molecule has 1 aliphatic heterocycles. The number of likely N-dealkylation sites (tertiary alicyclic amines) is 1. The molecule has 0 aromatic heterocycles. The summed E-state index contributed by atoms with van der Waals surface area (Å²) >= 11 is 0. The minimum atomic E-state index is -0.973. The van der Waals surface area contributed by atoms with Crippen molar-refractivity contribution in [1.29, 1.82) is 0 Å². The number of amides is 1. The van der Waals surface area contributed by atoms with Crippen LogP contribution in [0.4, 0.5) is 0 Å². The van der Waals surface area contributed by atoms with Crippen molar-refractivity contribution in [3.63, 3.8) is 0 Å². The summed E-state index contributed by atoms with van der Waals surface area (Å²) in [6.45, 7) is 8.91. The van der Waals surface area contributed by atoms with Crippen LogP contribution < -0.4 is 0 Å². The molecule has 0 aromatic rings. The third-order valence-corrected chi connectivity index (χ3v) is 3.21. The average Bonchev–Trinajstić information content (AvgIpc) is 2.79. The number of carbonyl (C=O) groups is 3. The molecule has 2 atom stereocenters. The monoisotopic (exact) mass is 297 g/mol. The van der Waals surface area contributed by atoms with Crippen LogP contribution >= 0.6 is 0 Å². The molecule has 21 heavy (non-hydrogen) atoms. The van der Waals surface area contributed by atoms with E-state index in [9.17, 15) is 14.4 Å². The Bertz CT molecular complexity index is 438. The van der Waals surface area contributed by atoms with Crippen molar-refractivity contribution in [3.8, 4) is 0 Å². The minimum absolute atomic E-state index is 0.230. The van der Waals surface area contributed by atoms with E-state index in [0.29, 0.717) is 19.3 Å². The van der Waals surface area contributed by atoms with Gasteiger partial charge in [0.1, 0.15) is 11.6 Å². The highest BCUT2D eigenvalue weighted by Crippen LogP contribution is 2.29. The van der Waals surface area contributed by atoms with E-state index >= 15 is 0 Å². The third-order valence-electron chi connectivity index (χ3n) is 3.21. The van der Waals surface area contributed by atoms with Gasteiger partial charge >= 0.3 is 17.8 Å². The molecule has 1 aliphatic rings. The quantitative estimate of drug-likeness (QED) is 0.448. The zero-order valence-corrected chi connectivity index (χ0v) is 13.0. The first-order chi connectivity index (χ1) is 9.71. The number of methoxy groups -OCH3 is 1. The number of hydrogen-bond donors (Lipinski definition) is 0. The molecule has 0 radical (unpaired) electrons. The van der Waals surface area contributed by atoms with Gasteiger partial charge in [0.05, 0.1) is 7.11 Å². The molecule has 1 rings (SSSR count). The van der Waals surface area contributed by atoms with E-state index in [1.165, 1.54) is 4.90 Å². The van der Waals surface area contributed by atoms with Crippen LogP contribution in [0.5, 0.6) is 0 Å². The van der Waals surface area contributed by atoms with E-state index in [1.54, 1.807) is 26.8 Å². The molecule has 1 heterocycles. The van der Waals surface area contributed by atoms with E-state index in [0.717, 1.165) is 7.11 Å². The van der Waals surface area contributed by atoms with Crippen LogP contribution in [0.1, 0.15) is 40.0 Å². The van der Waals surface area contributed by atoms with Crippen molar-refractivity contribution in [2.75, 3.05) is 7.11 Å². The van der Waals surface area contributed by atoms with Gasteiger partial charge in [0, 0.05) is 6.04 Å². The maximum atomic E-state index is 12.2. The molecule has 0 aliphatic carbocycles. The standard InChI is InChI=1S/C15H23NO5/c1-6-7-10-8-9-11(13(18)21-15(2,3)4)16(10)12(17)14(19)20-5/h6,10-11H,1,7-9H2,2-5H3/t10-,11+/m1/s1. The van der Waals surface area contributed by atoms with Gasteiger partial charge < -0.3 is 14.4 Å². The predicted octanol–water partition coefficient (Wildman–Crippen LogP) is 1.44. The van der Waals surface area contributed by atoms with Crippen molar-refractivity contribution in [2.24, 2.45) is 0 Å². The van der Waals surface area contributed by atoms with Crippen molar-refractivity contribution in [2.45, 2.75) is 57.7 Å². The summed E-state index contributed by atoms with van der Waals surface area (Å²) in [6, 6.07) is -0.979. The van der Waals surface area contributed by atoms with E-state index in [2.05, 4.69) is 11.3 Å². The Kier molecular flexibility index (Phi) is 5.52. The smallest absolute Gasteiger partial charge is 0.396 e. The summed E-state index contributed by atoms with van der Waals surface area (Å²) in [6.07, 6.45) is 3.27. The number of ether oxygens (including phenoxy) is 2. The molecular formula is C15H23NO5. The molecule has 0 N–H and O–H groups in total. The van der Waals surface area contributed by atoms with E-state index in [4.69, 9.17) is 4.74 Å². The second-order valence-electron chi connectivity index (χ2n) is 6.01. The summed E-state index contributed by atoms with van der Waals surface area (Å²) in [5.74, 6) is -2.27. The Morgan fingerprint density at radius 1 is 1.29 bits per heavy atom. The van der Waals surface area contributed by atoms with Crippen molar-refractivity contribution >= 4 is 17.8 Å². The van der Waals surface area contributed by atoms with E-state index in [1.807, 2.05) is 0 Å². The second-order valence-corrected chi connectivity index (χ2v) is 6.01. The van der Waals surface area contributed by atoms with Crippen LogP contribution in [0.25, 0.3) is 0 Å². The topological polar surface area (TPSA) is 72.9 Å². The molecule has 0 spiro atoms. The summed E-state index contributed by atoms with van der Waals surface area (Å²) in [5.41, 5.74) is -0.645. The molecule has 0 aromatic carbocycles. The van der Waals surface area contributed by atoms with E-state index < -0.39 is 29.5 Å². The molecule has 0 saturated carbocycles. The SMILES string of the molecule is C=CC[C@@H]1CC[C@@H](C(=O)OC(C)(C)C)N1C(=O)C(=O)OC. The second kappa shape index (κ2) is 6.74. The van der Waals surface area contributed by atoms with Gasteiger partial charge in [-0.3, -0.25) is 4.79 Å². The first kappa shape index (κ1) is 17.2. The lowest BCUT2D eigenvalue weighted by Gasteiger charge is -2.30. The predicted molar refractivity (Wildman–Crippen MR) is 76.3 cm³/mol. The highest BCUT2D eigenvalue weighted by atomic mass is 16.6. The normalized spacial score (nSPS) is 21.8. The lowest BCUT2D eigenvalue weighted by atomic mass is 10.1. The fourth-order valence-corrected chi connectivity index (χ4v) is 2.41. The number of hydrogen-bond acceptors (Lipinski definition) is 5. The summed E-state index contributed by atoms with van der Waals surface area (Å²) in [7, 11) is 1.14. The Labute approximate surface area is 125 Å². The van der Waals surface area contributed by atoms with E-state index in [-0.39, 0.29) is 6.04 Å². The molecule has 1 fully saturated rings. The summed E-state index contributed by atoms with van der Waals surface area (Å²) in [5, 5.41) is 0. The number of esters is 2. The van der Waals surface area contributed by atoms with Gasteiger partial charge in [-0.25, -0.2) is 9.59 Å². The van der Waals surface area contributed by atoms with Gasteiger partial charge in [0.15, 0.2) is 0 Å². The van der Waals surface area contributed by atoms with Gasteiger partial charge in [-0.1, -0.05) is 6.08 Å². The Balaban J connectivity index is 2.96. The van der Waals surface area contributed by atoms with Crippen molar-refractivity contribution in [1.82, 2.24) is 4.90 Å². The Hall–Kier alpha value is -1.85. The Morgan fingerprint density at radius 2 is 1.90 bits per heavy atom. The summed E-state index contributed by atoms with van der Waals surface area (Å²) < 4.78 is 9.80. The molecule has 0 bridgehead atoms. The molecule has 118 valence electrons. The van der Waals surface area contributed by atoms with Crippen molar-refractivity contribution < 1.29 is 23.9 Å². The number of rotatable bonds is 3. The van der Waals surface area contributed by atoms with Gasteiger partial charge in [-0.05, 0) is 40.0 Å². The maximum Gasteiger partial charge on any atom is 0.396 e. The minimum Gasteiger partial charge on any atom is -0.462 e. The molecule has 0 unspecified atom stereocenters. The highest BCUT2D eigenvalue weighted by molar-refractivity contribution is 6.32. The third kappa shape index (κ3) is 4.31. The van der Waals surface area contributed by atoms with Crippen LogP contribution in [0.15, 0.2) is 12.7 Å². The molecule has 6 nitrogen and oxygen atoms in total.